The van der Waals surface area contributed by atoms with E-state index in [1.54, 1.807) is 11.3 Å². The second-order valence-corrected chi connectivity index (χ2v) is 6.17. The van der Waals surface area contributed by atoms with Crippen molar-refractivity contribution in [1.82, 2.24) is 9.88 Å². The van der Waals surface area contributed by atoms with Crippen LogP contribution in [0.4, 0.5) is 9.93 Å². The standard InChI is InChI=1S/C14H15N3O2S/c18-14-17(7-8-19-14)10-5-6-16(9-10)13-15-11-3-1-2-4-12(11)20-13/h1-4,10H,5-9H2. The number of ether oxygens (including phenoxy) is 1. The van der Waals surface area contributed by atoms with E-state index in [2.05, 4.69) is 16.0 Å². The number of cyclic esters (lactones) is 1. The summed E-state index contributed by atoms with van der Waals surface area (Å²) in [6, 6.07) is 8.45. The average molecular weight is 289 g/mol. The van der Waals surface area contributed by atoms with Gasteiger partial charge in [0.05, 0.1) is 22.8 Å². The molecular weight excluding hydrogens is 274 g/mol. The molecule has 4 rings (SSSR count). The van der Waals surface area contributed by atoms with Crippen LogP contribution in [0, 0.1) is 0 Å². The lowest BCUT2D eigenvalue weighted by Gasteiger charge is -2.21. The number of amides is 1. The van der Waals surface area contributed by atoms with Gasteiger partial charge in [-0.15, -0.1) is 0 Å². The highest BCUT2D eigenvalue weighted by Crippen LogP contribution is 2.31. The van der Waals surface area contributed by atoms with Crippen molar-refractivity contribution in [3.8, 4) is 0 Å². The van der Waals surface area contributed by atoms with Crippen molar-refractivity contribution in [3.05, 3.63) is 24.3 Å². The molecule has 5 nitrogen and oxygen atoms in total. The Hall–Kier alpha value is -1.82. The number of benzene rings is 1. The Morgan fingerprint density at radius 2 is 2.20 bits per heavy atom. The Bertz CT molecular complexity index is 624. The number of hydrogen-bond donors (Lipinski definition) is 0. The molecule has 0 spiro atoms. The fourth-order valence-electron chi connectivity index (χ4n) is 2.90. The predicted octanol–water partition coefficient (Wildman–Crippen LogP) is 2.33. The summed E-state index contributed by atoms with van der Waals surface area (Å²) in [6.45, 7) is 3.05. The van der Waals surface area contributed by atoms with Gasteiger partial charge in [-0.2, -0.15) is 0 Å². The van der Waals surface area contributed by atoms with Gasteiger partial charge in [0.25, 0.3) is 0 Å². The zero-order chi connectivity index (χ0) is 13.5. The molecule has 0 saturated carbocycles. The van der Waals surface area contributed by atoms with Crippen LogP contribution in [-0.4, -0.2) is 48.3 Å². The summed E-state index contributed by atoms with van der Waals surface area (Å²) in [5.41, 5.74) is 1.05. The van der Waals surface area contributed by atoms with E-state index in [9.17, 15) is 4.79 Å². The normalized spacial score (nSPS) is 22.8. The molecule has 0 radical (unpaired) electrons. The van der Waals surface area contributed by atoms with Gasteiger partial charge in [-0.3, -0.25) is 4.90 Å². The van der Waals surface area contributed by atoms with Crippen molar-refractivity contribution in [2.45, 2.75) is 12.5 Å². The SMILES string of the molecule is O=C1OCCN1C1CCN(c2nc3ccccc3s2)C1. The van der Waals surface area contributed by atoms with E-state index in [-0.39, 0.29) is 12.1 Å². The number of rotatable bonds is 2. The summed E-state index contributed by atoms with van der Waals surface area (Å²) in [6.07, 6.45) is 0.825. The quantitative estimate of drug-likeness (QED) is 0.851. The predicted molar refractivity (Wildman–Crippen MR) is 78.3 cm³/mol. The first kappa shape index (κ1) is 12.0. The van der Waals surface area contributed by atoms with E-state index >= 15 is 0 Å². The first-order valence-corrected chi connectivity index (χ1v) is 7.67. The van der Waals surface area contributed by atoms with Crippen LogP contribution in [0.25, 0.3) is 10.2 Å². The molecule has 3 heterocycles. The first-order chi connectivity index (χ1) is 9.81. The van der Waals surface area contributed by atoms with Crippen LogP contribution < -0.4 is 4.90 Å². The summed E-state index contributed by atoms with van der Waals surface area (Å²) in [5.74, 6) is 0. The van der Waals surface area contributed by atoms with E-state index in [4.69, 9.17) is 4.74 Å². The van der Waals surface area contributed by atoms with Gasteiger partial charge in [0.2, 0.25) is 0 Å². The van der Waals surface area contributed by atoms with Gasteiger partial charge in [-0.05, 0) is 18.6 Å². The smallest absolute Gasteiger partial charge is 0.410 e. The molecule has 0 bridgehead atoms. The van der Waals surface area contributed by atoms with Gasteiger partial charge in [0.1, 0.15) is 6.61 Å². The van der Waals surface area contributed by atoms with E-state index in [1.807, 2.05) is 23.1 Å². The number of nitrogens with zero attached hydrogens (tertiary/aromatic N) is 3. The molecule has 2 aliphatic heterocycles. The van der Waals surface area contributed by atoms with Crippen LogP contribution in [0.3, 0.4) is 0 Å². The Labute approximate surface area is 120 Å². The highest BCUT2D eigenvalue weighted by Gasteiger charge is 2.35. The minimum Gasteiger partial charge on any atom is -0.448 e. The third kappa shape index (κ3) is 1.91. The van der Waals surface area contributed by atoms with Crippen LogP contribution in [0.1, 0.15) is 6.42 Å². The number of hydrogen-bond acceptors (Lipinski definition) is 5. The minimum atomic E-state index is -0.166. The monoisotopic (exact) mass is 289 g/mol. The van der Waals surface area contributed by atoms with Crippen LogP contribution in [-0.2, 0) is 4.74 Å². The van der Waals surface area contributed by atoms with Crippen LogP contribution >= 0.6 is 11.3 Å². The maximum absolute atomic E-state index is 11.6. The fourth-order valence-corrected chi connectivity index (χ4v) is 3.90. The maximum atomic E-state index is 11.6. The van der Waals surface area contributed by atoms with Gasteiger partial charge >= 0.3 is 6.09 Å². The number of thiazole rings is 1. The van der Waals surface area contributed by atoms with Gasteiger partial charge in [0, 0.05) is 13.1 Å². The average Bonchev–Trinajstić information content (AvgIpc) is 3.15. The Balaban J connectivity index is 1.54. The summed E-state index contributed by atoms with van der Waals surface area (Å²) in [4.78, 5) is 20.4. The van der Waals surface area contributed by atoms with Crippen LogP contribution in [0.5, 0.6) is 0 Å². The topological polar surface area (TPSA) is 45.7 Å². The molecule has 1 aromatic carbocycles. The molecule has 2 aliphatic rings. The molecule has 0 aliphatic carbocycles. The summed E-state index contributed by atoms with van der Waals surface area (Å²) < 4.78 is 6.24. The molecule has 2 fully saturated rings. The number of para-hydroxylation sites is 1. The third-order valence-corrected chi connectivity index (χ3v) is 5.05. The van der Waals surface area contributed by atoms with Crippen LogP contribution in [0.2, 0.25) is 0 Å². The number of carbonyl (C=O) groups excluding carboxylic acids is 1. The molecule has 6 heteroatoms. The highest BCUT2D eigenvalue weighted by molar-refractivity contribution is 7.22. The van der Waals surface area contributed by atoms with Gasteiger partial charge in [-0.25, -0.2) is 9.78 Å². The lowest BCUT2D eigenvalue weighted by atomic mass is 10.2. The van der Waals surface area contributed by atoms with Gasteiger partial charge < -0.3 is 9.64 Å². The summed E-state index contributed by atoms with van der Waals surface area (Å²) in [5, 5.41) is 1.06. The number of carbonyl (C=O) groups is 1. The van der Waals surface area contributed by atoms with Crippen molar-refractivity contribution in [1.29, 1.82) is 0 Å². The number of anilines is 1. The van der Waals surface area contributed by atoms with E-state index in [0.29, 0.717) is 6.61 Å². The molecule has 104 valence electrons. The van der Waals surface area contributed by atoms with Gasteiger partial charge in [-0.1, -0.05) is 23.5 Å². The zero-order valence-corrected chi connectivity index (χ0v) is 11.8. The molecule has 2 aromatic rings. The summed E-state index contributed by atoms with van der Waals surface area (Å²) in [7, 11) is 0. The number of aromatic nitrogens is 1. The summed E-state index contributed by atoms with van der Waals surface area (Å²) >= 11 is 1.72. The molecular formula is C14H15N3O2S. The molecule has 2 saturated heterocycles. The van der Waals surface area contributed by atoms with Crippen molar-refractivity contribution in [2.24, 2.45) is 0 Å². The lowest BCUT2D eigenvalue weighted by molar-refractivity contribution is 0.150. The molecule has 0 N–H and O–H groups in total. The second kappa shape index (κ2) is 4.63. The number of fused-ring (bicyclic) bond motifs is 1. The highest BCUT2D eigenvalue weighted by atomic mass is 32.1. The zero-order valence-electron chi connectivity index (χ0n) is 11.0. The molecule has 1 unspecified atom stereocenters. The molecule has 1 atom stereocenters. The molecule has 20 heavy (non-hydrogen) atoms. The fraction of sp³-hybridized carbons (Fsp3) is 0.429. The molecule has 1 aromatic heterocycles. The van der Waals surface area contributed by atoms with Crippen molar-refractivity contribution < 1.29 is 9.53 Å². The second-order valence-electron chi connectivity index (χ2n) is 5.16. The van der Waals surface area contributed by atoms with E-state index in [0.717, 1.165) is 36.7 Å². The Kier molecular flexibility index (Phi) is 2.77. The Morgan fingerprint density at radius 3 is 3.00 bits per heavy atom. The van der Waals surface area contributed by atoms with Crippen molar-refractivity contribution in [3.63, 3.8) is 0 Å². The van der Waals surface area contributed by atoms with Gasteiger partial charge in [0.15, 0.2) is 5.13 Å². The lowest BCUT2D eigenvalue weighted by Crippen LogP contribution is -2.38. The largest absolute Gasteiger partial charge is 0.448 e. The third-order valence-electron chi connectivity index (χ3n) is 3.95. The van der Waals surface area contributed by atoms with Crippen LogP contribution in [0.15, 0.2) is 24.3 Å². The van der Waals surface area contributed by atoms with E-state index < -0.39 is 0 Å². The van der Waals surface area contributed by atoms with E-state index in [1.165, 1.54) is 4.70 Å². The first-order valence-electron chi connectivity index (χ1n) is 6.85. The minimum absolute atomic E-state index is 0.166. The maximum Gasteiger partial charge on any atom is 0.410 e. The Morgan fingerprint density at radius 1 is 1.30 bits per heavy atom. The van der Waals surface area contributed by atoms with Crippen molar-refractivity contribution >= 4 is 32.8 Å². The van der Waals surface area contributed by atoms with Crippen molar-refractivity contribution in [2.75, 3.05) is 31.1 Å². The molecule has 1 amide bonds.